The van der Waals surface area contributed by atoms with Gasteiger partial charge in [0.25, 0.3) is 0 Å². The SMILES string of the molecule is CCNC(c1cccc(I)c1)c1ccc2c(c1)CC(=O)N2. The molecular formula is C17H17IN2O. The zero-order chi connectivity index (χ0) is 14.8. The van der Waals surface area contributed by atoms with Gasteiger partial charge in [-0.05, 0) is 64.0 Å². The number of carbonyl (C=O) groups is 1. The number of hydrogen-bond acceptors (Lipinski definition) is 2. The van der Waals surface area contributed by atoms with Gasteiger partial charge in [-0.15, -0.1) is 0 Å². The van der Waals surface area contributed by atoms with Gasteiger partial charge in [0.1, 0.15) is 0 Å². The average Bonchev–Trinajstić information content (AvgIpc) is 2.83. The van der Waals surface area contributed by atoms with E-state index in [-0.39, 0.29) is 11.9 Å². The fourth-order valence-electron chi connectivity index (χ4n) is 2.75. The average molecular weight is 392 g/mol. The van der Waals surface area contributed by atoms with Crippen LogP contribution in [-0.4, -0.2) is 12.5 Å². The normalized spacial score (nSPS) is 14.7. The van der Waals surface area contributed by atoms with Crippen molar-refractivity contribution < 1.29 is 4.79 Å². The van der Waals surface area contributed by atoms with Gasteiger partial charge in [-0.2, -0.15) is 0 Å². The number of hydrogen-bond donors (Lipinski definition) is 2. The third kappa shape index (κ3) is 3.11. The fourth-order valence-corrected chi connectivity index (χ4v) is 3.31. The van der Waals surface area contributed by atoms with Crippen LogP contribution in [0.3, 0.4) is 0 Å². The van der Waals surface area contributed by atoms with Crippen molar-refractivity contribution in [2.45, 2.75) is 19.4 Å². The molecule has 1 atom stereocenters. The molecule has 3 nitrogen and oxygen atoms in total. The molecule has 0 saturated carbocycles. The highest BCUT2D eigenvalue weighted by molar-refractivity contribution is 14.1. The summed E-state index contributed by atoms with van der Waals surface area (Å²) in [7, 11) is 0. The lowest BCUT2D eigenvalue weighted by Gasteiger charge is -2.20. The van der Waals surface area contributed by atoms with Crippen LogP contribution in [0.25, 0.3) is 0 Å². The molecule has 0 saturated heterocycles. The maximum absolute atomic E-state index is 11.5. The quantitative estimate of drug-likeness (QED) is 0.783. The molecule has 1 unspecified atom stereocenters. The molecule has 1 amide bonds. The Balaban J connectivity index is 1.98. The molecule has 108 valence electrons. The van der Waals surface area contributed by atoms with Gasteiger partial charge in [-0.3, -0.25) is 4.79 Å². The smallest absolute Gasteiger partial charge is 0.228 e. The summed E-state index contributed by atoms with van der Waals surface area (Å²) in [6.07, 6.45) is 0.480. The molecule has 0 aromatic heterocycles. The summed E-state index contributed by atoms with van der Waals surface area (Å²) in [6.45, 7) is 3.00. The zero-order valence-corrected chi connectivity index (χ0v) is 14.0. The van der Waals surface area contributed by atoms with E-state index >= 15 is 0 Å². The number of carbonyl (C=O) groups excluding carboxylic acids is 1. The van der Waals surface area contributed by atoms with Gasteiger partial charge < -0.3 is 10.6 Å². The van der Waals surface area contributed by atoms with Crippen LogP contribution in [0, 0.1) is 3.57 Å². The largest absolute Gasteiger partial charge is 0.326 e. The Hall–Kier alpha value is -1.40. The molecule has 0 spiro atoms. The van der Waals surface area contributed by atoms with E-state index in [1.807, 2.05) is 6.07 Å². The minimum absolute atomic E-state index is 0.0800. The Bertz CT molecular complexity index is 684. The summed E-state index contributed by atoms with van der Waals surface area (Å²) in [4.78, 5) is 11.5. The molecule has 2 aromatic carbocycles. The summed E-state index contributed by atoms with van der Waals surface area (Å²) >= 11 is 2.34. The van der Waals surface area contributed by atoms with Crippen molar-refractivity contribution in [3.63, 3.8) is 0 Å². The van der Waals surface area contributed by atoms with Gasteiger partial charge in [0.2, 0.25) is 5.91 Å². The van der Waals surface area contributed by atoms with Gasteiger partial charge >= 0.3 is 0 Å². The first-order valence-electron chi connectivity index (χ1n) is 7.09. The molecule has 4 heteroatoms. The number of benzene rings is 2. The van der Waals surface area contributed by atoms with Gasteiger partial charge in [-0.25, -0.2) is 0 Å². The van der Waals surface area contributed by atoms with Crippen LogP contribution in [-0.2, 0) is 11.2 Å². The third-order valence-corrected chi connectivity index (χ3v) is 4.35. The minimum atomic E-state index is 0.0800. The first-order chi connectivity index (χ1) is 10.2. The minimum Gasteiger partial charge on any atom is -0.326 e. The van der Waals surface area contributed by atoms with Crippen LogP contribution in [0.5, 0.6) is 0 Å². The van der Waals surface area contributed by atoms with E-state index in [9.17, 15) is 4.79 Å². The van der Waals surface area contributed by atoms with E-state index in [1.165, 1.54) is 14.7 Å². The van der Waals surface area contributed by atoms with Crippen molar-refractivity contribution in [3.8, 4) is 0 Å². The molecule has 3 rings (SSSR count). The second kappa shape index (κ2) is 6.15. The Morgan fingerprint density at radius 2 is 2.05 bits per heavy atom. The van der Waals surface area contributed by atoms with Crippen molar-refractivity contribution in [3.05, 3.63) is 62.7 Å². The lowest BCUT2D eigenvalue weighted by Crippen LogP contribution is -2.22. The van der Waals surface area contributed by atoms with Crippen LogP contribution < -0.4 is 10.6 Å². The number of rotatable bonds is 4. The highest BCUT2D eigenvalue weighted by atomic mass is 127. The molecule has 1 heterocycles. The first-order valence-corrected chi connectivity index (χ1v) is 8.17. The molecule has 0 fully saturated rings. The fraction of sp³-hybridized carbons (Fsp3) is 0.235. The standard InChI is InChI=1S/C17H17IN2O/c1-2-19-17(11-4-3-5-14(18)9-11)12-6-7-15-13(8-12)10-16(21)20-15/h3-9,17,19H,2,10H2,1H3,(H,20,21). The summed E-state index contributed by atoms with van der Waals surface area (Å²) in [6, 6.07) is 14.9. The molecule has 1 aliphatic heterocycles. The summed E-state index contributed by atoms with van der Waals surface area (Å²) in [5, 5.41) is 6.42. The van der Waals surface area contributed by atoms with Crippen LogP contribution in [0.15, 0.2) is 42.5 Å². The number of amides is 1. The number of anilines is 1. The maximum atomic E-state index is 11.5. The summed E-state index contributed by atoms with van der Waals surface area (Å²) in [5.74, 6) is 0.0800. The van der Waals surface area contributed by atoms with Crippen molar-refractivity contribution in [1.82, 2.24) is 5.32 Å². The molecule has 0 radical (unpaired) electrons. The van der Waals surface area contributed by atoms with E-state index in [0.717, 1.165) is 17.8 Å². The Kier molecular flexibility index (Phi) is 4.26. The van der Waals surface area contributed by atoms with Gasteiger partial charge in [-0.1, -0.05) is 31.2 Å². The molecule has 1 aliphatic rings. The van der Waals surface area contributed by atoms with Crippen LogP contribution >= 0.6 is 22.6 Å². The van der Waals surface area contributed by atoms with E-state index in [1.54, 1.807) is 0 Å². The predicted molar refractivity (Wildman–Crippen MR) is 93.5 cm³/mol. The van der Waals surface area contributed by atoms with Crippen LogP contribution in [0.2, 0.25) is 0 Å². The van der Waals surface area contributed by atoms with Gasteiger partial charge in [0.15, 0.2) is 0 Å². The van der Waals surface area contributed by atoms with Gasteiger partial charge in [0, 0.05) is 9.26 Å². The Labute approximate surface area is 138 Å². The van der Waals surface area contributed by atoms with E-state index in [4.69, 9.17) is 0 Å². The van der Waals surface area contributed by atoms with E-state index in [0.29, 0.717) is 6.42 Å². The molecule has 2 aromatic rings. The maximum Gasteiger partial charge on any atom is 0.228 e. The van der Waals surface area contributed by atoms with Crippen molar-refractivity contribution >= 4 is 34.2 Å². The van der Waals surface area contributed by atoms with Crippen LogP contribution in [0.4, 0.5) is 5.69 Å². The summed E-state index contributed by atoms with van der Waals surface area (Å²) < 4.78 is 1.23. The van der Waals surface area contributed by atoms with Crippen molar-refractivity contribution in [2.75, 3.05) is 11.9 Å². The molecule has 0 bridgehead atoms. The molecule has 2 N–H and O–H groups in total. The highest BCUT2D eigenvalue weighted by Crippen LogP contribution is 2.29. The molecular weight excluding hydrogens is 375 g/mol. The van der Waals surface area contributed by atoms with Crippen molar-refractivity contribution in [2.24, 2.45) is 0 Å². The van der Waals surface area contributed by atoms with Crippen molar-refractivity contribution in [1.29, 1.82) is 0 Å². The zero-order valence-electron chi connectivity index (χ0n) is 11.8. The number of nitrogens with one attached hydrogen (secondary N) is 2. The van der Waals surface area contributed by atoms with Crippen LogP contribution in [0.1, 0.15) is 29.7 Å². The second-order valence-corrected chi connectivity index (χ2v) is 6.43. The first kappa shape index (κ1) is 14.5. The highest BCUT2D eigenvalue weighted by Gasteiger charge is 2.20. The lowest BCUT2D eigenvalue weighted by atomic mass is 9.96. The number of fused-ring (bicyclic) bond motifs is 1. The second-order valence-electron chi connectivity index (χ2n) is 5.19. The number of halogens is 1. The Morgan fingerprint density at radius 3 is 2.81 bits per heavy atom. The lowest BCUT2D eigenvalue weighted by molar-refractivity contribution is -0.115. The Morgan fingerprint density at radius 1 is 1.24 bits per heavy atom. The predicted octanol–water partition coefficient (Wildman–Crippen LogP) is 3.48. The van der Waals surface area contributed by atoms with E-state index in [2.05, 4.69) is 76.5 Å². The van der Waals surface area contributed by atoms with E-state index < -0.39 is 0 Å². The topological polar surface area (TPSA) is 41.1 Å². The molecule has 0 aliphatic carbocycles. The monoisotopic (exact) mass is 392 g/mol. The third-order valence-electron chi connectivity index (χ3n) is 3.68. The van der Waals surface area contributed by atoms with Gasteiger partial charge in [0.05, 0.1) is 12.5 Å². The summed E-state index contributed by atoms with van der Waals surface area (Å²) in [5.41, 5.74) is 4.49. The molecule has 21 heavy (non-hydrogen) atoms.